The van der Waals surface area contributed by atoms with Crippen molar-refractivity contribution in [3.8, 4) is 45.6 Å². The SMILES string of the molecule is CNC1CNC2(O)C(O)C(Oc3cc4c(c(-c5cccc(O)c5)c3)C3Oc5c(OC)c(OC)cc(CCO)c5C3CO4)OC1(C(=O)O)C2O. The Bertz CT molecular complexity index is 1790. The number of phenolic OH excluding ortho intramolecular Hbond substituents is 1. The monoisotopic (exact) mass is 682 g/mol. The Labute approximate surface area is 280 Å². The van der Waals surface area contributed by atoms with Crippen molar-refractivity contribution in [2.24, 2.45) is 0 Å². The minimum Gasteiger partial charge on any atom is -0.508 e. The molecule has 0 amide bonds. The first-order chi connectivity index (χ1) is 23.5. The van der Waals surface area contributed by atoms with E-state index >= 15 is 0 Å². The number of benzene rings is 3. The van der Waals surface area contributed by atoms with Gasteiger partial charge in [-0.1, -0.05) is 12.1 Å². The van der Waals surface area contributed by atoms with Crippen molar-refractivity contribution in [3.63, 3.8) is 0 Å². The van der Waals surface area contributed by atoms with E-state index in [1.807, 2.05) is 6.07 Å². The fraction of sp³-hybridized carbons (Fsp3) is 0.441. The van der Waals surface area contributed by atoms with Gasteiger partial charge < -0.3 is 64.4 Å². The maximum absolute atomic E-state index is 12.6. The van der Waals surface area contributed by atoms with E-state index < -0.39 is 47.9 Å². The molecule has 7 rings (SSSR count). The first-order valence-electron chi connectivity index (χ1n) is 15.8. The molecular weight excluding hydrogens is 644 g/mol. The maximum atomic E-state index is 12.6. The van der Waals surface area contributed by atoms with Crippen LogP contribution in [0.25, 0.3) is 11.1 Å². The second-order valence-electron chi connectivity index (χ2n) is 12.5. The highest BCUT2D eigenvalue weighted by molar-refractivity contribution is 5.81. The number of likely N-dealkylation sites (N-methyl/N-ethyl adjacent to an activating group) is 1. The Kier molecular flexibility index (Phi) is 8.26. The van der Waals surface area contributed by atoms with Gasteiger partial charge in [0.2, 0.25) is 17.6 Å². The summed E-state index contributed by atoms with van der Waals surface area (Å²) in [5, 5.41) is 69.6. The molecular formula is C34H38N2O13. The average Bonchev–Trinajstić information content (AvgIpc) is 3.48. The molecule has 0 saturated carbocycles. The molecule has 2 saturated heterocycles. The minimum atomic E-state index is -2.49. The van der Waals surface area contributed by atoms with E-state index in [9.17, 15) is 35.4 Å². The molecule has 262 valence electrons. The number of ether oxygens (including phenoxy) is 6. The number of phenols is 1. The zero-order chi connectivity index (χ0) is 34.8. The third kappa shape index (κ3) is 4.87. The van der Waals surface area contributed by atoms with Crippen LogP contribution in [-0.2, 0) is 16.0 Å². The third-order valence-corrected chi connectivity index (χ3v) is 9.97. The normalized spacial score (nSPS) is 31.0. The van der Waals surface area contributed by atoms with Crippen LogP contribution in [0, 0.1) is 0 Å². The predicted molar refractivity (Wildman–Crippen MR) is 169 cm³/mol. The van der Waals surface area contributed by atoms with Crippen molar-refractivity contribution < 1.29 is 63.9 Å². The third-order valence-electron chi connectivity index (χ3n) is 9.97. The van der Waals surface area contributed by atoms with E-state index in [0.29, 0.717) is 46.1 Å². The predicted octanol–water partition coefficient (Wildman–Crippen LogP) is 0.381. The van der Waals surface area contributed by atoms with Gasteiger partial charge in [-0.25, -0.2) is 4.79 Å². The minimum absolute atomic E-state index is 0.0132. The molecule has 4 heterocycles. The zero-order valence-corrected chi connectivity index (χ0v) is 26.9. The van der Waals surface area contributed by atoms with Gasteiger partial charge in [0.25, 0.3) is 0 Å². The van der Waals surface area contributed by atoms with Crippen LogP contribution in [0.3, 0.4) is 0 Å². The second-order valence-corrected chi connectivity index (χ2v) is 12.5. The molecule has 0 aromatic heterocycles. The van der Waals surface area contributed by atoms with Gasteiger partial charge in [-0.2, -0.15) is 0 Å². The lowest BCUT2D eigenvalue weighted by Gasteiger charge is -2.58. The smallest absolute Gasteiger partial charge is 0.340 e. The summed E-state index contributed by atoms with van der Waals surface area (Å²) in [7, 11) is 4.51. The summed E-state index contributed by atoms with van der Waals surface area (Å²) < 4.78 is 36.3. The van der Waals surface area contributed by atoms with Crippen LogP contribution in [-0.4, -0.2) is 114 Å². The number of fused-ring (bicyclic) bond motifs is 7. The lowest BCUT2D eigenvalue weighted by molar-refractivity contribution is -0.362. The Morgan fingerprint density at radius 1 is 1.12 bits per heavy atom. The molecule has 4 aliphatic heterocycles. The number of carboxylic acids is 1. The lowest BCUT2D eigenvalue weighted by Crippen LogP contribution is -2.87. The van der Waals surface area contributed by atoms with Crippen molar-refractivity contribution in [3.05, 3.63) is 59.2 Å². The number of nitrogens with one attached hydrogen (secondary N) is 2. The Hall–Kier alpha value is -4.35. The van der Waals surface area contributed by atoms with Crippen LogP contribution < -0.4 is 34.3 Å². The summed E-state index contributed by atoms with van der Waals surface area (Å²) in [5.41, 5.74) is -1.58. The molecule has 4 aliphatic rings. The molecule has 8 N–H and O–H groups in total. The molecule has 8 atom stereocenters. The van der Waals surface area contributed by atoms with E-state index in [1.54, 1.807) is 24.3 Å². The van der Waals surface area contributed by atoms with Crippen LogP contribution in [0.2, 0.25) is 0 Å². The average molecular weight is 683 g/mol. The highest BCUT2D eigenvalue weighted by Crippen LogP contribution is 2.59. The largest absolute Gasteiger partial charge is 0.508 e. The fourth-order valence-corrected chi connectivity index (χ4v) is 7.61. The number of piperidine rings is 1. The number of aliphatic hydroxyl groups is 4. The highest BCUT2D eigenvalue weighted by atomic mass is 16.7. The first kappa shape index (κ1) is 33.2. The first-order valence-corrected chi connectivity index (χ1v) is 15.8. The van der Waals surface area contributed by atoms with Crippen LogP contribution in [0.5, 0.6) is 34.5 Å². The molecule has 2 fully saturated rings. The van der Waals surface area contributed by atoms with Crippen molar-refractivity contribution in [1.82, 2.24) is 10.6 Å². The number of aromatic hydroxyl groups is 1. The molecule has 3 aromatic rings. The summed E-state index contributed by atoms with van der Waals surface area (Å²) in [6.07, 6.45) is -6.06. The number of rotatable bonds is 9. The Morgan fingerprint density at radius 2 is 1.92 bits per heavy atom. The van der Waals surface area contributed by atoms with Gasteiger partial charge in [0, 0.05) is 30.3 Å². The van der Waals surface area contributed by atoms with Gasteiger partial charge in [0.15, 0.2) is 23.3 Å². The number of hydrogen-bond donors (Lipinski definition) is 8. The topological polar surface area (TPSA) is 218 Å². The molecule has 0 aliphatic carbocycles. The molecule has 2 bridgehead atoms. The fourth-order valence-electron chi connectivity index (χ4n) is 7.61. The summed E-state index contributed by atoms with van der Waals surface area (Å²) in [5.74, 6) is -0.210. The van der Waals surface area contributed by atoms with Crippen molar-refractivity contribution in [2.45, 2.75) is 54.3 Å². The van der Waals surface area contributed by atoms with Gasteiger partial charge in [0.1, 0.15) is 29.5 Å². The number of aliphatic hydroxyl groups excluding tert-OH is 3. The van der Waals surface area contributed by atoms with Gasteiger partial charge >= 0.3 is 5.97 Å². The van der Waals surface area contributed by atoms with Gasteiger partial charge in [-0.15, -0.1) is 0 Å². The summed E-state index contributed by atoms with van der Waals surface area (Å²) >= 11 is 0. The van der Waals surface area contributed by atoms with Gasteiger partial charge in [-0.05, 0) is 54.4 Å². The molecule has 0 radical (unpaired) electrons. The summed E-state index contributed by atoms with van der Waals surface area (Å²) in [6, 6.07) is 10.4. The van der Waals surface area contributed by atoms with E-state index in [4.69, 9.17) is 28.4 Å². The number of carboxylic acid groups (broad SMARTS) is 1. The standard InChI is InChI=1S/C34H38N2O13/c1-35-23-13-36-34(43)29(39)30(49-33(23,31(34)40)32(41)42)47-18-11-19(15-5-4-6-17(38)9-15)25-21(12-18)46-14-20-24-16(7-8-37)10-22(44-2)27(45-3)28(24)48-26(20)25/h4-6,9-12,20,23,26,29-31,35-40,43H,7-8,13-14H2,1-3H3,(H,41,42). The van der Waals surface area contributed by atoms with Crippen LogP contribution in [0.15, 0.2) is 42.5 Å². The highest BCUT2D eigenvalue weighted by Gasteiger charge is 2.71. The Morgan fingerprint density at radius 3 is 2.59 bits per heavy atom. The van der Waals surface area contributed by atoms with E-state index in [0.717, 1.165) is 11.1 Å². The summed E-state index contributed by atoms with van der Waals surface area (Å²) in [4.78, 5) is 12.6. The molecule has 3 aromatic carbocycles. The Balaban J connectivity index is 1.33. The molecule has 8 unspecified atom stereocenters. The quantitative estimate of drug-likeness (QED) is 0.153. The number of carbonyl (C=O) groups is 1. The molecule has 0 spiro atoms. The second kappa shape index (κ2) is 12.2. The van der Waals surface area contributed by atoms with E-state index in [1.165, 1.54) is 33.4 Å². The van der Waals surface area contributed by atoms with Crippen LogP contribution in [0.1, 0.15) is 28.7 Å². The zero-order valence-electron chi connectivity index (χ0n) is 26.9. The lowest BCUT2D eigenvalue weighted by atomic mass is 9.74. The molecule has 15 heteroatoms. The number of aliphatic carboxylic acids is 1. The van der Waals surface area contributed by atoms with Crippen molar-refractivity contribution in [2.75, 3.05) is 41.0 Å². The maximum Gasteiger partial charge on any atom is 0.340 e. The number of hydrogen-bond acceptors (Lipinski definition) is 14. The van der Waals surface area contributed by atoms with Gasteiger partial charge in [0.05, 0.1) is 32.8 Å². The molecule has 49 heavy (non-hydrogen) atoms. The van der Waals surface area contributed by atoms with Gasteiger partial charge in [-0.3, -0.25) is 5.32 Å². The van der Waals surface area contributed by atoms with E-state index in [2.05, 4.69) is 10.6 Å². The van der Waals surface area contributed by atoms with E-state index in [-0.39, 0.29) is 37.2 Å². The van der Waals surface area contributed by atoms with Crippen molar-refractivity contribution in [1.29, 1.82) is 0 Å². The van der Waals surface area contributed by atoms with Crippen LogP contribution in [0.4, 0.5) is 0 Å². The summed E-state index contributed by atoms with van der Waals surface area (Å²) in [6.45, 7) is -0.0943. The van der Waals surface area contributed by atoms with Crippen molar-refractivity contribution >= 4 is 5.97 Å². The molecule has 15 nitrogen and oxygen atoms in total. The van der Waals surface area contributed by atoms with Crippen LogP contribution >= 0.6 is 0 Å². The number of methoxy groups -OCH3 is 2.